The highest BCUT2D eigenvalue weighted by atomic mass is 16.3. The first kappa shape index (κ1) is 13.8. The number of aliphatic hydroxyl groups is 1. The molecule has 0 saturated heterocycles. The largest absolute Gasteiger partial charge is 0.394 e. The third-order valence-corrected chi connectivity index (χ3v) is 3.70. The maximum Gasteiger partial charge on any atom is 0.242 e. The van der Waals surface area contributed by atoms with Crippen molar-refractivity contribution in [2.75, 3.05) is 13.2 Å². The van der Waals surface area contributed by atoms with Gasteiger partial charge in [0.05, 0.1) is 18.0 Å². The molecule has 0 radical (unpaired) electrons. The van der Waals surface area contributed by atoms with Gasteiger partial charge in [0.25, 0.3) is 0 Å². The van der Waals surface area contributed by atoms with Gasteiger partial charge in [-0.05, 0) is 12.1 Å². The molecule has 1 aromatic heterocycles. The molecule has 1 aliphatic heterocycles. The van der Waals surface area contributed by atoms with Gasteiger partial charge in [0.1, 0.15) is 6.04 Å². The van der Waals surface area contributed by atoms with Gasteiger partial charge in [-0.25, -0.2) is 4.68 Å². The normalized spacial score (nSPS) is 15.6. The molecule has 1 atom stereocenters. The molecule has 0 unspecified atom stereocenters. The van der Waals surface area contributed by atoms with Crippen LogP contribution in [0.5, 0.6) is 0 Å². The summed E-state index contributed by atoms with van der Waals surface area (Å²) in [6.07, 6.45) is 2.66. The highest BCUT2D eigenvalue weighted by Gasteiger charge is 2.26. The molecule has 6 nitrogen and oxygen atoms in total. The van der Waals surface area contributed by atoms with Crippen molar-refractivity contribution in [3.63, 3.8) is 0 Å². The van der Waals surface area contributed by atoms with Crippen LogP contribution in [-0.2, 0) is 17.8 Å². The number of carbonyl (C=O) groups is 1. The predicted octanol–water partition coefficient (Wildman–Crippen LogP) is 0.0766. The molecule has 2 heterocycles. The van der Waals surface area contributed by atoms with E-state index < -0.39 is 6.04 Å². The quantitative estimate of drug-likeness (QED) is 0.836. The lowest BCUT2D eigenvalue weighted by Crippen LogP contribution is -2.47. The summed E-state index contributed by atoms with van der Waals surface area (Å²) in [6, 6.07) is 9.03. The van der Waals surface area contributed by atoms with Crippen LogP contribution < -0.4 is 5.73 Å². The average molecular weight is 286 g/mol. The number of aromatic nitrogens is 2. The molecule has 110 valence electrons. The van der Waals surface area contributed by atoms with Gasteiger partial charge in [-0.3, -0.25) is 4.79 Å². The van der Waals surface area contributed by atoms with E-state index in [9.17, 15) is 4.79 Å². The standard InChI is InChI=1S/C15H18N4O2/c16-13(10-20)15(21)18-7-6-14-11(8-18)9-19(17-14)12-4-2-1-3-5-12/h1-5,9,13,20H,6-8,10,16H2/t13-/m1/s1. The zero-order valence-corrected chi connectivity index (χ0v) is 11.6. The van der Waals surface area contributed by atoms with E-state index in [1.54, 1.807) is 4.90 Å². The zero-order chi connectivity index (χ0) is 14.8. The van der Waals surface area contributed by atoms with Gasteiger partial charge in [-0.1, -0.05) is 18.2 Å². The Balaban J connectivity index is 1.81. The minimum atomic E-state index is -0.837. The van der Waals surface area contributed by atoms with Gasteiger partial charge in [0.2, 0.25) is 5.91 Å². The van der Waals surface area contributed by atoms with Crippen molar-refractivity contribution < 1.29 is 9.90 Å². The number of rotatable bonds is 3. The summed E-state index contributed by atoms with van der Waals surface area (Å²) in [5, 5.41) is 13.6. The third kappa shape index (κ3) is 2.68. The second-order valence-electron chi connectivity index (χ2n) is 5.18. The van der Waals surface area contributed by atoms with E-state index in [1.165, 1.54) is 0 Å². The van der Waals surface area contributed by atoms with E-state index >= 15 is 0 Å². The molecule has 3 N–H and O–H groups in total. The van der Waals surface area contributed by atoms with Gasteiger partial charge in [0, 0.05) is 31.3 Å². The van der Waals surface area contributed by atoms with Gasteiger partial charge in [-0.2, -0.15) is 5.10 Å². The second-order valence-corrected chi connectivity index (χ2v) is 5.18. The monoisotopic (exact) mass is 286 g/mol. The molecule has 0 spiro atoms. The molecule has 6 heteroatoms. The summed E-state index contributed by atoms with van der Waals surface area (Å²) in [7, 11) is 0. The van der Waals surface area contributed by atoms with Crippen LogP contribution in [0, 0.1) is 0 Å². The van der Waals surface area contributed by atoms with Gasteiger partial charge in [0.15, 0.2) is 0 Å². The van der Waals surface area contributed by atoms with E-state index in [-0.39, 0.29) is 12.5 Å². The number of nitrogens with zero attached hydrogens (tertiary/aromatic N) is 3. The van der Waals surface area contributed by atoms with Crippen LogP contribution in [0.1, 0.15) is 11.3 Å². The first-order valence-electron chi connectivity index (χ1n) is 6.97. The fourth-order valence-corrected chi connectivity index (χ4v) is 2.53. The van der Waals surface area contributed by atoms with Crippen LogP contribution in [0.4, 0.5) is 0 Å². The summed E-state index contributed by atoms with van der Waals surface area (Å²) in [6.45, 7) is 0.755. The minimum absolute atomic E-state index is 0.212. The van der Waals surface area contributed by atoms with E-state index in [2.05, 4.69) is 5.10 Å². The Hall–Kier alpha value is -2.18. The number of amides is 1. The fraction of sp³-hybridized carbons (Fsp3) is 0.333. The molecule has 1 aromatic carbocycles. The number of aliphatic hydroxyl groups excluding tert-OH is 1. The maximum absolute atomic E-state index is 12.0. The van der Waals surface area contributed by atoms with E-state index in [0.717, 1.165) is 16.9 Å². The molecule has 21 heavy (non-hydrogen) atoms. The topological polar surface area (TPSA) is 84.4 Å². The number of carbonyl (C=O) groups excluding carboxylic acids is 1. The fourth-order valence-electron chi connectivity index (χ4n) is 2.53. The molecule has 0 fully saturated rings. The van der Waals surface area contributed by atoms with Gasteiger partial charge in [-0.15, -0.1) is 0 Å². The van der Waals surface area contributed by atoms with Crippen molar-refractivity contribution in [3.8, 4) is 5.69 Å². The maximum atomic E-state index is 12.0. The summed E-state index contributed by atoms with van der Waals surface area (Å²) < 4.78 is 1.84. The predicted molar refractivity (Wildman–Crippen MR) is 77.7 cm³/mol. The summed E-state index contributed by atoms with van der Waals surface area (Å²) in [5.74, 6) is -0.212. The Labute approximate surface area is 122 Å². The van der Waals surface area contributed by atoms with Crippen LogP contribution in [0.2, 0.25) is 0 Å². The summed E-state index contributed by atoms with van der Waals surface area (Å²) >= 11 is 0. The van der Waals surface area contributed by atoms with Gasteiger partial charge >= 0.3 is 0 Å². The highest BCUT2D eigenvalue weighted by molar-refractivity contribution is 5.82. The zero-order valence-electron chi connectivity index (χ0n) is 11.6. The molecule has 2 aromatic rings. The molecular weight excluding hydrogens is 268 g/mol. The lowest BCUT2D eigenvalue weighted by atomic mass is 10.1. The van der Waals surface area contributed by atoms with Crippen LogP contribution >= 0.6 is 0 Å². The first-order valence-corrected chi connectivity index (χ1v) is 6.97. The summed E-state index contributed by atoms with van der Waals surface area (Å²) in [5.41, 5.74) is 8.64. The average Bonchev–Trinajstić information content (AvgIpc) is 2.97. The van der Waals surface area contributed by atoms with Crippen molar-refractivity contribution in [1.29, 1.82) is 0 Å². The van der Waals surface area contributed by atoms with Crippen molar-refractivity contribution in [3.05, 3.63) is 47.8 Å². The van der Waals surface area contributed by atoms with E-state index in [1.807, 2.05) is 41.2 Å². The first-order chi connectivity index (χ1) is 10.2. The van der Waals surface area contributed by atoms with E-state index in [4.69, 9.17) is 10.8 Å². The Bertz CT molecular complexity index is 638. The molecular formula is C15H18N4O2. The number of hydrogen-bond donors (Lipinski definition) is 2. The summed E-state index contributed by atoms with van der Waals surface area (Å²) in [4.78, 5) is 13.7. The molecule has 0 bridgehead atoms. The Morgan fingerprint density at radius 3 is 2.86 bits per heavy atom. The van der Waals surface area contributed by atoms with Gasteiger partial charge < -0.3 is 15.7 Å². The molecule has 1 aliphatic rings. The number of para-hydroxylation sites is 1. The van der Waals surface area contributed by atoms with Crippen molar-refractivity contribution in [2.24, 2.45) is 5.73 Å². The molecule has 0 saturated carbocycles. The Morgan fingerprint density at radius 1 is 1.38 bits per heavy atom. The van der Waals surface area contributed by atoms with E-state index in [0.29, 0.717) is 19.5 Å². The number of hydrogen-bond acceptors (Lipinski definition) is 4. The smallest absolute Gasteiger partial charge is 0.242 e. The van der Waals surface area contributed by atoms with Crippen molar-refractivity contribution in [1.82, 2.24) is 14.7 Å². The Morgan fingerprint density at radius 2 is 2.14 bits per heavy atom. The van der Waals surface area contributed by atoms with Crippen LogP contribution in [0.25, 0.3) is 5.69 Å². The Kier molecular flexibility index (Phi) is 3.72. The number of nitrogens with two attached hydrogens (primary N) is 1. The van der Waals surface area contributed by atoms with Crippen LogP contribution in [0.15, 0.2) is 36.5 Å². The van der Waals surface area contributed by atoms with Crippen LogP contribution in [0.3, 0.4) is 0 Å². The van der Waals surface area contributed by atoms with Crippen molar-refractivity contribution >= 4 is 5.91 Å². The minimum Gasteiger partial charge on any atom is -0.394 e. The third-order valence-electron chi connectivity index (χ3n) is 3.70. The lowest BCUT2D eigenvalue weighted by Gasteiger charge is -2.28. The lowest BCUT2D eigenvalue weighted by molar-refractivity contribution is -0.134. The molecule has 3 rings (SSSR count). The number of benzene rings is 1. The van der Waals surface area contributed by atoms with Crippen LogP contribution in [-0.4, -0.2) is 44.9 Å². The second kappa shape index (κ2) is 5.67. The molecule has 0 aliphatic carbocycles. The van der Waals surface area contributed by atoms with Crippen molar-refractivity contribution in [2.45, 2.75) is 19.0 Å². The highest BCUT2D eigenvalue weighted by Crippen LogP contribution is 2.20. The molecule has 1 amide bonds. The SMILES string of the molecule is N[C@H](CO)C(=O)N1CCc2nn(-c3ccccc3)cc2C1. The number of fused-ring (bicyclic) bond motifs is 1.